The van der Waals surface area contributed by atoms with Crippen molar-refractivity contribution in [1.82, 2.24) is 25.1 Å². The Morgan fingerprint density at radius 3 is 2.88 bits per heavy atom. The Labute approximate surface area is 148 Å². The molecule has 0 atom stereocenters. The van der Waals surface area contributed by atoms with Crippen molar-refractivity contribution in [1.29, 1.82) is 0 Å². The van der Waals surface area contributed by atoms with Crippen LogP contribution in [0.4, 0.5) is 11.5 Å². The normalized spacial score (nSPS) is 15.8. The minimum absolute atomic E-state index is 0.404. The van der Waals surface area contributed by atoms with E-state index in [0.29, 0.717) is 6.04 Å². The van der Waals surface area contributed by atoms with Crippen molar-refractivity contribution >= 4 is 38.5 Å². The van der Waals surface area contributed by atoms with Gasteiger partial charge in [0.1, 0.15) is 12.1 Å². The molecule has 0 aliphatic carbocycles. The molecule has 1 saturated heterocycles. The number of piperidine rings is 1. The Morgan fingerprint density at radius 2 is 2.08 bits per heavy atom. The van der Waals surface area contributed by atoms with Crippen LogP contribution in [-0.2, 0) is 0 Å². The van der Waals surface area contributed by atoms with E-state index in [1.54, 1.807) is 6.33 Å². The second-order valence-electron chi connectivity index (χ2n) is 6.11. The Kier molecular flexibility index (Phi) is 4.20. The first-order valence-electron chi connectivity index (χ1n) is 8.14. The summed E-state index contributed by atoms with van der Waals surface area (Å²) in [5.41, 5.74) is 3.09. The maximum Gasteiger partial charge on any atom is 0.163 e. The standard InChI is InChI=1S/C17H19BrN6/c1-11-8-12(18)2-3-15(11)23-16-14-9-22-24(17(14)21-10-20-16)13-4-6-19-7-5-13/h2-3,8-10,13,19H,4-7H2,1H3,(H,20,21,23). The average Bonchev–Trinajstić information content (AvgIpc) is 3.03. The molecule has 1 aromatic carbocycles. The zero-order chi connectivity index (χ0) is 16.5. The highest BCUT2D eigenvalue weighted by atomic mass is 79.9. The van der Waals surface area contributed by atoms with E-state index in [1.807, 2.05) is 18.3 Å². The molecule has 0 radical (unpaired) electrons. The highest BCUT2D eigenvalue weighted by Gasteiger charge is 2.19. The molecule has 1 aliphatic heterocycles. The Bertz CT molecular complexity index is 869. The quantitative estimate of drug-likeness (QED) is 0.719. The molecule has 7 heteroatoms. The minimum atomic E-state index is 0.404. The van der Waals surface area contributed by atoms with E-state index in [-0.39, 0.29) is 0 Å². The molecule has 2 aromatic heterocycles. The highest BCUT2D eigenvalue weighted by molar-refractivity contribution is 9.10. The molecule has 0 amide bonds. The fourth-order valence-electron chi connectivity index (χ4n) is 3.18. The van der Waals surface area contributed by atoms with E-state index >= 15 is 0 Å². The third kappa shape index (κ3) is 2.89. The summed E-state index contributed by atoms with van der Waals surface area (Å²) in [7, 11) is 0. The van der Waals surface area contributed by atoms with Crippen LogP contribution in [0.5, 0.6) is 0 Å². The molecule has 2 N–H and O–H groups in total. The lowest BCUT2D eigenvalue weighted by Gasteiger charge is -2.23. The van der Waals surface area contributed by atoms with Gasteiger partial charge in [-0.25, -0.2) is 14.6 Å². The van der Waals surface area contributed by atoms with E-state index in [4.69, 9.17) is 0 Å². The lowest BCUT2D eigenvalue weighted by atomic mass is 10.1. The maximum absolute atomic E-state index is 4.60. The van der Waals surface area contributed by atoms with Crippen LogP contribution in [0.25, 0.3) is 11.0 Å². The van der Waals surface area contributed by atoms with Gasteiger partial charge in [-0.2, -0.15) is 5.10 Å². The van der Waals surface area contributed by atoms with Crippen molar-refractivity contribution in [2.45, 2.75) is 25.8 Å². The van der Waals surface area contributed by atoms with Gasteiger partial charge in [-0.15, -0.1) is 0 Å². The topological polar surface area (TPSA) is 67.7 Å². The first-order chi connectivity index (χ1) is 11.7. The van der Waals surface area contributed by atoms with Crippen LogP contribution in [-0.4, -0.2) is 32.8 Å². The van der Waals surface area contributed by atoms with Crippen LogP contribution in [0.15, 0.2) is 35.2 Å². The summed E-state index contributed by atoms with van der Waals surface area (Å²) in [5.74, 6) is 0.797. The van der Waals surface area contributed by atoms with Gasteiger partial charge in [0.2, 0.25) is 0 Å². The number of nitrogens with one attached hydrogen (secondary N) is 2. The van der Waals surface area contributed by atoms with E-state index < -0.39 is 0 Å². The third-order valence-electron chi connectivity index (χ3n) is 4.49. The summed E-state index contributed by atoms with van der Waals surface area (Å²) in [4.78, 5) is 8.90. The second kappa shape index (κ2) is 6.49. The molecule has 124 valence electrons. The molecule has 0 unspecified atom stereocenters. The molecular formula is C17H19BrN6. The number of benzene rings is 1. The Morgan fingerprint density at radius 1 is 1.25 bits per heavy atom. The van der Waals surface area contributed by atoms with Crippen LogP contribution in [0.2, 0.25) is 0 Å². The fourth-order valence-corrected chi connectivity index (χ4v) is 3.65. The number of rotatable bonds is 3. The van der Waals surface area contributed by atoms with Crippen molar-refractivity contribution < 1.29 is 0 Å². The monoisotopic (exact) mass is 386 g/mol. The smallest absolute Gasteiger partial charge is 0.163 e. The maximum atomic E-state index is 4.60. The van der Waals surface area contributed by atoms with E-state index in [1.165, 1.54) is 0 Å². The zero-order valence-electron chi connectivity index (χ0n) is 13.5. The van der Waals surface area contributed by atoms with Gasteiger partial charge in [-0.1, -0.05) is 15.9 Å². The fraction of sp³-hybridized carbons (Fsp3) is 0.353. The first-order valence-corrected chi connectivity index (χ1v) is 8.94. The molecule has 0 spiro atoms. The van der Waals surface area contributed by atoms with Gasteiger partial charge < -0.3 is 10.6 Å². The van der Waals surface area contributed by atoms with Crippen LogP contribution < -0.4 is 10.6 Å². The molecule has 1 fully saturated rings. The predicted octanol–water partition coefficient (Wildman–Crippen LogP) is 3.57. The molecule has 0 saturated carbocycles. The van der Waals surface area contributed by atoms with Crippen LogP contribution in [0.1, 0.15) is 24.4 Å². The van der Waals surface area contributed by atoms with E-state index in [9.17, 15) is 0 Å². The van der Waals surface area contributed by atoms with Crippen LogP contribution in [0.3, 0.4) is 0 Å². The largest absolute Gasteiger partial charge is 0.339 e. The number of hydrogen-bond acceptors (Lipinski definition) is 5. The van der Waals surface area contributed by atoms with Gasteiger partial charge in [0.15, 0.2) is 5.65 Å². The molecular weight excluding hydrogens is 368 g/mol. The molecule has 1 aliphatic rings. The van der Waals surface area contributed by atoms with Crippen LogP contribution in [0, 0.1) is 6.92 Å². The SMILES string of the molecule is Cc1cc(Br)ccc1Nc1ncnc2c1cnn2C1CCNCC1. The summed E-state index contributed by atoms with van der Waals surface area (Å²) >= 11 is 3.50. The molecule has 24 heavy (non-hydrogen) atoms. The molecule has 4 rings (SSSR count). The lowest BCUT2D eigenvalue weighted by molar-refractivity contribution is 0.349. The first kappa shape index (κ1) is 15.5. The van der Waals surface area contributed by atoms with Crippen molar-refractivity contribution in [3.8, 4) is 0 Å². The number of aryl methyl sites for hydroxylation is 1. The number of aromatic nitrogens is 4. The molecule has 6 nitrogen and oxygen atoms in total. The van der Waals surface area contributed by atoms with Gasteiger partial charge in [0.25, 0.3) is 0 Å². The second-order valence-corrected chi connectivity index (χ2v) is 7.03. The number of hydrogen-bond donors (Lipinski definition) is 2. The number of nitrogens with zero attached hydrogens (tertiary/aromatic N) is 4. The van der Waals surface area contributed by atoms with Crippen molar-refractivity contribution in [2.24, 2.45) is 0 Å². The lowest BCUT2D eigenvalue weighted by Crippen LogP contribution is -2.29. The average molecular weight is 387 g/mol. The molecule has 3 heterocycles. The Balaban J connectivity index is 1.70. The zero-order valence-corrected chi connectivity index (χ0v) is 15.0. The summed E-state index contributed by atoms with van der Waals surface area (Å²) in [6, 6.07) is 6.55. The number of halogens is 1. The van der Waals surface area contributed by atoms with Crippen LogP contribution >= 0.6 is 15.9 Å². The molecule has 3 aromatic rings. The number of fused-ring (bicyclic) bond motifs is 1. The van der Waals surface area contributed by atoms with E-state index in [0.717, 1.165) is 58.5 Å². The number of anilines is 2. The summed E-state index contributed by atoms with van der Waals surface area (Å²) in [6.07, 6.45) is 5.64. The van der Waals surface area contributed by atoms with Gasteiger partial charge in [-0.3, -0.25) is 0 Å². The highest BCUT2D eigenvalue weighted by Crippen LogP contribution is 2.29. The van der Waals surface area contributed by atoms with Gasteiger partial charge in [0.05, 0.1) is 17.6 Å². The predicted molar refractivity (Wildman–Crippen MR) is 98.6 cm³/mol. The Hall–Kier alpha value is -1.99. The van der Waals surface area contributed by atoms with Gasteiger partial charge in [0, 0.05) is 10.2 Å². The summed E-state index contributed by atoms with van der Waals surface area (Å²) in [6.45, 7) is 4.13. The molecule has 0 bridgehead atoms. The summed E-state index contributed by atoms with van der Waals surface area (Å²) in [5, 5.41) is 12.4. The van der Waals surface area contributed by atoms with Gasteiger partial charge >= 0.3 is 0 Å². The van der Waals surface area contributed by atoms with Crippen molar-refractivity contribution in [3.63, 3.8) is 0 Å². The third-order valence-corrected chi connectivity index (χ3v) is 4.98. The van der Waals surface area contributed by atoms with Crippen molar-refractivity contribution in [2.75, 3.05) is 18.4 Å². The van der Waals surface area contributed by atoms with Crippen molar-refractivity contribution in [3.05, 3.63) is 40.8 Å². The summed E-state index contributed by atoms with van der Waals surface area (Å²) < 4.78 is 3.12. The van der Waals surface area contributed by atoms with E-state index in [2.05, 4.69) is 59.3 Å². The minimum Gasteiger partial charge on any atom is -0.339 e. The van der Waals surface area contributed by atoms with Gasteiger partial charge in [-0.05, 0) is 56.6 Å².